The molecule has 0 bridgehead atoms. The fraction of sp³-hybridized carbons (Fsp3) is 0.509. The van der Waals surface area contributed by atoms with Gasteiger partial charge < -0.3 is 41.3 Å². The van der Waals surface area contributed by atoms with E-state index < -0.39 is 31.0 Å². The second kappa shape index (κ2) is 24.3. The highest BCUT2D eigenvalue weighted by Crippen LogP contribution is 2.46. The molecule has 4 heterocycles. The van der Waals surface area contributed by atoms with Crippen molar-refractivity contribution < 1.29 is 30.0 Å². The number of rotatable bonds is 19. The van der Waals surface area contributed by atoms with Gasteiger partial charge in [0.1, 0.15) is 36.8 Å². The number of nitrogens with zero attached hydrogens (tertiary/aromatic N) is 6. The molecule has 2 saturated heterocycles. The number of carbonyl (C=O) groups is 2. The van der Waals surface area contributed by atoms with Crippen LogP contribution in [-0.2, 0) is 11.3 Å². The minimum absolute atomic E-state index is 0.0612. The highest BCUT2D eigenvalue weighted by Gasteiger charge is 2.46. The maximum absolute atomic E-state index is 13.9. The van der Waals surface area contributed by atoms with Crippen LogP contribution in [-0.4, -0.2) is 110 Å². The van der Waals surface area contributed by atoms with Crippen LogP contribution in [0.5, 0.6) is 0 Å². The van der Waals surface area contributed by atoms with Crippen LogP contribution in [0.25, 0.3) is 0 Å². The molecule has 368 valence electrons. The van der Waals surface area contributed by atoms with Crippen LogP contribution in [0.2, 0.25) is 0 Å². The number of urea groups is 1. The van der Waals surface area contributed by atoms with E-state index in [2.05, 4.69) is 66.4 Å². The zero-order valence-electron chi connectivity index (χ0n) is 39.6. The third-order valence-electron chi connectivity index (χ3n) is 14.4. The molecule has 8 rings (SSSR count). The number of unbranched alkanes of at least 4 members (excludes halogenated alkanes) is 6. The van der Waals surface area contributed by atoms with Gasteiger partial charge in [-0.1, -0.05) is 74.6 Å². The third-order valence-corrected chi connectivity index (χ3v) is 14.4. The number of piperazine rings is 1. The molecule has 0 spiro atoms. The molecule has 3 amide bonds. The van der Waals surface area contributed by atoms with Crippen molar-refractivity contribution in [2.24, 2.45) is 0 Å². The summed E-state index contributed by atoms with van der Waals surface area (Å²) in [6.07, 6.45) is 9.40. The highest BCUT2D eigenvalue weighted by atomic mass is 16.3. The Balaban J connectivity index is 0.719. The number of carbonyl (C=O) groups excluding carboxylic acids is 2. The van der Waals surface area contributed by atoms with Gasteiger partial charge in [0.05, 0.1) is 11.6 Å². The van der Waals surface area contributed by atoms with Crippen LogP contribution in [0, 0.1) is 11.3 Å². The van der Waals surface area contributed by atoms with Gasteiger partial charge in [-0.2, -0.15) is 5.26 Å². The summed E-state index contributed by atoms with van der Waals surface area (Å²) in [7, 11) is 0. The molecule has 69 heavy (non-hydrogen) atoms. The average Bonchev–Trinajstić information content (AvgIpc) is 3.63. The quantitative estimate of drug-likeness (QED) is 0.0463. The van der Waals surface area contributed by atoms with E-state index in [1.807, 2.05) is 41.3 Å². The number of anilines is 4. The number of hydrogen-bond acceptors (Lipinski definition) is 13. The van der Waals surface area contributed by atoms with Crippen molar-refractivity contribution >= 4 is 34.8 Å². The summed E-state index contributed by atoms with van der Waals surface area (Å²) in [6, 6.07) is 29.1. The number of aliphatic hydroxyl groups excluding tert-OH is 4. The standard InChI is InChI=1S/C53H70N10O6/c54-34-38-17-27-46(55-36-38)57-39-18-20-41(21-19-39)62(53(69)56-35-37-12-7-6-8-13-37)42-24-22-40(23-25-42)61-32-30-60(31-33-61)29-10-5-3-1-2-4-9-16-47(64)58-44-15-11-14-43-49(44)52(68)63(51(43)67)45-26-28-48(65)59-50(45)66/h6-8,11-15,17,22-25,27,36,39,41,45,48,50-52,59,65-68H,1-5,9-10,16,18-21,26,28-33,35H2,(H,55,57)(H,56,69)(H,58,64)/t39?,41?,45-,48-,50-,51-,52-/m1/s1. The predicted molar refractivity (Wildman–Crippen MR) is 267 cm³/mol. The molecule has 3 aromatic carbocycles. The number of benzene rings is 3. The summed E-state index contributed by atoms with van der Waals surface area (Å²) in [5.41, 5.74) is 5.07. The second-order valence-corrected chi connectivity index (χ2v) is 19.1. The number of aromatic nitrogens is 1. The third kappa shape index (κ3) is 13.0. The molecule has 3 fully saturated rings. The van der Waals surface area contributed by atoms with Crippen LogP contribution >= 0.6 is 0 Å². The van der Waals surface area contributed by atoms with E-state index >= 15 is 0 Å². The van der Waals surface area contributed by atoms with E-state index in [9.17, 15) is 30.0 Å². The van der Waals surface area contributed by atoms with Gasteiger partial charge in [-0.3, -0.25) is 19.9 Å². The molecular formula is C53H70N10O6. The van der Waals surface area contributed by atoms with Gasteiger partial charge in [0, 0.05) is 85.6 Å². The molecule has 0 radical (unpaired) electrons. The molecule has 8 N–H and O–H groups in total. The van der Waals surface area contributed by atoms with Crippen molar-refractivity contribution in [2.45, 2.75) is 139 Å². The van der Waals surface area contributed by atoms with Crippen molar-refractivity contribution in [1.82, 2.24) is 25.4 Å². The lowest BCUT2D eigenvalue weighted by Gasteiger charge is -2.40. The van der Waals surface area contributed by atoms with E-state index in [-0.39, 0.29) is 24.0 Å². The first kappa shape index (κ1) is 49.8. The smallest absolute Gasteiger partial charge is 0.322 e. The lowest BCUT2D eigenvalue weighted by Crippen LogP contribution is -2.57. The number of aliphatic hydroxyl groups is 4. The van der Waals surface area contributed by atoms with Gasteiger partial charge in [0.25, 0.3) is 0 Å². The van der Waals surface area contributed by atoms with Crippen LogP contribution in [0.1, 0.15) is 125 Å². The van der Waals surface area contributed by atoms with Crippen molar-refractivity contribution in [1.29, 1.82) is 5.26 Å². The van der Waals surface area contributed by atoms with Crippen molar-refractivity contribution in [3.63, 3.8) is 0 Å². The second-order valence-electron chi connectivity index (χ2n) is 19.1. The molecule has 1 aliphatic carbocycles. The minimum atomic E-state index is -1.21. The monoisotopic (exact) mass is 943 g/mol. The zero-order chi connectivity index (χ0) is 48.1. The first-order valence-electron chi connectivity index (χ1n) is 25.1. The first-order valence-corrected chi connectivity index (χ1v) is 25.1. The number of hydrogen-bond donors (Lipinski definition) is 8. The number of fused-ring (bicyclic) bond motifs is 1. The molecule has 16 heteroatoms. The highest BCUT2D eigenvalue weighted by molar-refractivity contribution is 5.93. The number of piperidine rings is 1. The number of nitrogens with one attached hydrogen (secondary N) is 4. The Bertz CT molecular complexity index is 2300. The Morgan fingerprint density at radius 2 is 1.49 bits per heavy atom. The summed E-state index contributed by atoms with van der Waals surface area (Å²) in [4.78, 5) is 39.7. The molecule has 4 aliphatic rings. The fourth-order valence-corrected chi connectivity index (χ4v) is 10.6. The molecule has 3 aliphatic heterocycles. The van der Waals surface area contributed by atoms with Crippen LogP contribution in [0.4, 0.5) is 27.7 Å². The largest absolute Gasteiger partial charge is 0.379 e. The lowest BCUT2D eigenvalue weighted by atomic mass is 9.90. The van der Waals surface area contributed by atoms with E-state index in [0.717, 1.165) is 101 Å². The van der Waals surface area contributed by atoms with Crippen LogP contribution < -0.4 is 31.1 Å². The van der Waals surface area contributed by atoms with E-state index in [4.69, 9.17) is 5.26 Å². The Hall–Kier alpha value is -5.64. The molecule has 16 nitrogen and oxygen atoms in total. The van der Waals surface area contributed by atoms with Gasteiger partial charge >= 0.3 is 6.03 Å². The van der Waals surface area contributed by atoms with Crippen molar-refractivity contribution in [3.8, 4) is 6.07 Å². The maximum Gasteiger partial charge on any atom is 0.322 e. The molecular weight excluding hydrogens is 873 g/mol. The number of amides is 3. The van der Waals surface area contributed by atoms with E-state index in [1.54, 1.807) is 30.5 Å². The summed E-state index contributed by atoms with van der Waals surface area (Å²) in [6.45, 7) is 5.51. The number of pyridine rings is 1. The average molecular weight is 943 g/mol. The minimum Gasteiger partial charge on any atom is -0.379 e. The van der Waals surface area contributed by atoms with Gasteiger partial charge in [-0.25, -0.2) is 14.7 Å². The first-order chi connectivity index (χ1) is 33.6. The molecule has 1 saturated carbocycles. The van der Waals surface area contributed by atoms with Crippen molar-refractivity contribution in [2.75, 3.05) is 53.2 Å². The molecule has 1 aromatic heterocycles. The fourth-order valence-electron chi connectivity index (χ4n) is 10.6. The van der Waals surface area contributed by atoms with Crippen molar-refractivity contribution in [3.05, 3.63) is 113 Å². The summed E-state index contributed by atoms with van der Waals surface area (Å²) in [5, 5.41) is 64.1. The Morgan fingerprint density at radius 3 is 2.19 bits per heavy atom. The van der Waals surface area contributed by atoms with Crippen LogP contribution in [0.15, 0.2) is 91.1 Å². The van der Waals surface area contributed by atoms with Gasteiger partial charge in [0.15, 0.2) is 0 Å². The molecule has 0 unspecified atom stereocenters. The Morgan fingerprint density at radius 1 is 0.768 bits per heavy atom. The summed E-state index contributed by atoms with van der Waals surface area (Å²) < 4.78 is 0. The van der Waals surface area contributed by atoms with Crippen LogP contribution in [0.3, 0.4) is 0 Å². The zero-order valence-corrected chi connectivity index (χ0v) is 39.6. The van der Waals surface area contributed by atoms with E-state index in [1.165, 1.54) is 29.8 Å². The van der Waals surface area contributed by atoms with Gasteiger partial charge in [-0.15, -0.1) is 0 Å². The van der Waals surface area contributed by atoms with E-state index in [0.29, 0.717) is 48.2 Å². The van der Waals surface area contributed by atoms with Gasteiger partial charge in [0.2, 0.25) is 5.91 Å². The Labute approximate surface area is 406 Å². The lowest BCUT2D eigenvalue weighted by molar-refractivity contribution is -0.158. The summed E-state index contributed by atoms with van der Waals surface area (Å²) in [5.74, 6) is 0.634. The summed E-state index contributed by atoms with van der Waals surface area (Å²) >= 11 is 0. The number of nitriles is 1. The predicted octanol–water partition coefficient (Wildman–Crippen LogP) is 6.66. The SMILES string of the molecule is N#Cc1ccc(NC2CCC(N(C(=O)NCc3ccccc3)c3ccc(N4CCN(CCCCCCCCCC(=O)Nc5cccc6c5[C@@H](O)N([C@@H]5CC[C@@H](O)N[C@@H]5O)[C@@H]6O)CC4)cc3)CC2)nc1. The van der Waals surface area contributed by atoms with Gasteiger partial charge in [-0.05, 0) is 106 Å². The molecule has 4 aromatic rings. The molecule has 5 atom stereocenters. The maximum atomic E-state index is 13.9. The Kier molecular flexibility index (Phi) is 17.5. The topological polar surface area (TPSA) is 213 Å². The normalized spacial score (nSPS) is 24.0.